The quantitative estimate of drug-likeness (QED) is 0.552. The molecule has 0 bridgehead atoms. The number of rotatable bonds is 3. The van der Waals surface area contributed by atoms with Crippen LogP contribution in [0.1, 0.15) is 6.92 Å². The zero-order chi connectivity index (χ0) is 8.97. The summed E-state index contributed by atoms with van der Waals surface area (Å²) in [7, 11) is 0. The van der Waals surface area contributed by atoms with E-state index in [1.54, 1.807) is 12.1 Å². The molecule has 0 radical (unpaired) electrons. The number of hydrogen-bond donors (Lipinski definition) is 1. The predicted octanol–water partition coefficient (Wildman–Crippen LogP) is 2.07. The van der Waals surface area contributed by atoms with Crippen LogP contribution in [-0.2, 0) is 0 Å². The Kier molecular flexibility index (Phi) is 2.63. The average molecular weight is 166 g/mol. The SMILES string of the molecule is CCOc1cc(N=O)ccc1N. The van der Waals surface area contributed by atoms with Gasteiger partial charge in [0.25, 0.3) is 0 Å². The van der Waals surface area contributed by atoms with Gasteiger partial charge in [0, 0.05) is 6.07 Å². The fraction of sp³-hybridized carbons (Fsp3) is 0.250. The molecule has 2 N–H and O–H groups in total. The molecule has 0 aromatic heterocycles. The summed E-state index contributed by atoms with van der Waals surface area (Å²) in [4.78, 5) is 10.1. The van der Waals surface area contributed by atoms with Gasteiger partial charge < -0.3 is 10.5 Å². The molecular formula is C8H10N2O2. The van der Waals surface area contributed by atoms with Gasteiger partial charge in [0.05, 0.1) is 12.3 Å². The Morgan fingerprint density at radius 3 is 2.92 bits per heavy atom. The molecule has 12 heavy (non-hydrogen) atoms. The van der Waals surface area contributed by atoms with Gasteiger partial charge in [-0.15, -0.1) is 4.91 Å². The highest BCUT2D eigenvalue weighted by molar-refractivity contribution is 5.59. The molecule has 0 atom stereocenters. The van der Waals surface area contributed by atoms with Gasteiger partial charge in [-0.1, -0.05) is 0 Å². The first kappa shape index (κ1) is 8.52. The Hall–Kier alpha value is -1.58. The van der Waals surface area contributed by atoms with Gasteiger partial charge in [-0.25, -0.2) is 0 Å². The number of ether oxygens (including phenoxy) is 1. The summed E-state index contributed by atoms with van der Waals surface area (Å²) in [6.07, 6.45) is 0. The van der Waals surface area contributed by atoms with Gasteiger partial charge >= 0.3 is 0 Å². The number of nitroso groups, excluding NO2 is 1. The third-order valence-corrected chi connectivity index (χ3v) is 1.40. The maximum Gasteiger partial charge on any atom is 0.144 e. The van der Waals surface area contributed by atoms with E-state index in [4.69, 9.17) is 10.5 Å². The van der Waals surface area contributed by atoms with Crippen LogP contribution in [0.3, 0.4) is 0 Å². The molecule has 0 aliphatic carbocycles. The van der Waals surface area contributed by atoms with Crippen molar-refractivity contribution < 1.29 is 4.74 Å². The molecule has 0 unspecified atom stereocenters. The van der Waals surface area contributed by atoms with Crippen LogP contribution in [0.15, 0.2) is 23.4 Å². The van der Waals surface area contributed by atoms with Crippen LogP contribution < -0.4 is 10.5 Å². The van der Waals surface area contributed by atoms with Crippen LogP contribution in [0.4, 0.5) is 11.4 Å². The van der Waals surface area contributed by atoms with E-state index in [0.717, 1.165) is 0 Å². The molecule has 0 amide bonds. The fourth-order valence-corrected chi connectivity index (χ4v) is 0.860. The first-order valence-corrected chi connectivity index (χ1v) is 3.63. The van der Waals surface area contributed by atoms with Crippen LogP contribution >= 0.6 is 0 Å². The molecule has 4 nitrogen and oxygen atoms in total. The van der Waals surface area contributed by atoms with Crippen LogP contribution in [0, 0.1) is 4.91 Å². The minimum Gasteiger partial charge on any atom is -0.492 e. The second kappa shape index (κ2) is 3.71. The summed E-state index contributed by atoms with van der Waals surface area (Å²) < 4.78 is 5.16. The van der Waals surface area contributed by atoms with Crippen LogP contribution in [0.5, 0.6) is 5.75 Å². The lowest BCUT2D eigenvalue weighted by molar-refractivity contribution is 0.342. The Morgan fingerprint density at radius 1 is 1.58 bits per heavy atom. The number of hydrogen-bond acceptors (Lipinski definition) is 4. The lowest BCUT2D eigenvalue weighted by atomic mass is 10.2. The number of nitrogen functional groups attached to an aromatic ring is 1. The summed E-state index contributed by atoms with van der Waals surface area (Å²) >= 11 is 0. The molecule has 0 spiro atoms. The summed E-state index contributed by atoms with van der Waals surface area (Å²) in [5, 5.41) is 2.77. The van der Waals surface area contributed by atoms with Crippen molar-refractivity contribution in [2.45, 2.75) is 6.92 Å². The van der Waals surface area contributed by atoms with E-state index >= 15 is 0 Å². The number of nitrogens with zero attached hydrogens (tertiary/aromatic N) is 1. The van der Waals surface area contributed by atoms with Crippen molar-refractivity contribution in [2.24, 2.45) is 5.18 Å². The average Bonchev–Trinajstić information content (AvgIpc) is 2.09. The van der Waals surface area contributed by atoms with Crippen molar-refractivity contribution in [2.75, 3.05) is 12.3 Å². The van der Waals surface area contributed by atoms with Gasteiger partial charge in [0.15, 0.2) is 0 Å². The Labute approximate surface area is 70.3 Å². The fourth-order valence-electron chi connectivity index (χ4n) is 0.860. The third kappa shape index (κ3) is 1.72. The largest absolute Gasteiger partial charge is 0.492 e. The van der Waals surface area contributed by atoms with Crippen molar-refractivity contribution in [1.29, 1.82) is 0 Å². The van der Waals surface area contributed by atoms with Crippen molar-refractivity contribution in [3.63, 3.8) is 0 Å². The standard InChI is InChI=1S/C8H10N2O2/c1-2-12-8-5-6(10-11)3-4-7(8)9/h3-5H,2,9H2,1H3. The Balaban J connectivity index is 2.99. The summed E-state index contributed by atoms with van der Waals surface area (Å²) in [6, 6.07) is 4.67. The van der Waals surface area contributed by atoms with E-state index in [1.165, 1.54) is 6.07 Å². The number of nitrogens with two attached hydrogens (primary N) is 1. The first-order chi connectivity index (χ1) is 5.77. The van der Waals surface area contributed by atoms with Gasteiger partial charge in [-0.05, 0) is 24.2 Å². The Bertz CT molecular complexity index is 286. The zero-order valence-corrected chi connectivity index (χ0v) is 6.78. The van der Waals surface area contributed by atoms with Gasteiger partial charge in [0.1, 0.15) is 11.4 Å². The minimum absolute atomic E-state index is 0.327. The van der Waals surface area contributed by atoms with Gasteiger partial charge in [0.2, 0.25) is 0 Å². The highest BCUT2D eigenvalue weighted by Crippen LogP contribution is 2.26. The summed E-state index contributed by atoms with van der Waals surface area (Å²) in [5.41, 5.74) is 6.41. The molecule has 0 fully saturated rings. The predicted molar refractivity (Wildman–Crippen MR) is 47.5 cm³/mol. The normalized spacial score (nSPS) is 9.42. The molecular weight excluding hydrogens is 156 g/mol. The van der Waals surface area contributed by atoms with Crippen LogP contribution in [0.2, 0.25) is 0 Å². The minimum atomic E-state index is 0.327. The molecule has 64 valence electrons. The topological polar surface area (TPSA) is 64.7 Å². The highest BCUT2D eigenvalue weighted by atomic mass is 16.5. The van der Waals surface area contributed by atoms with E-state index < -0.39 is 0 Å². The van der Waals surface area contributed by atoms with E-state index in [9.17, 15) is 4.91 Å². The van der Waals surface area contributed by atoms with E-state index in [-0.39, 0.29) is 0 Å². The van der Waals surface area contributed by atoms with Crippen LogP contribution in [0.25, 0.3) is 0 Å². The molecule has 0 heterocycles. The lowest BCUT2D eigenvalue weighted by Gasteiger charge is -2.05. The number of anilines is 1. The highest BCUT2D eigenvalue weighted by Gasteiger charge is 2.00. The van der Waals surface area contributed by atoms with E-state index in [0.29, 0.717) is 23.7 Å². The molecule has 4 heteroatoms. The molecule has 0 saturated heterocycles. The third-order valence-electron chi connectivity index (χ3n) is 1.40. The van der Waals surface area contributed by atoms with Crippen molar-refractivity contribution in [1.82, 2.24) is 0 Å². The van der Waals surface area contributed by atoms with Crippen molar-refractivity contribution in [3.8, 4) is 5.75 Å². The molecule has 1 rings (SSSR count). The van der Waals surface area contributed by atoms with E-state index in [1.807, 2.05) is 6.92 Å². The molecule has 1 aromatic carbocycles. The smallest absolute Gasteiger partial charge is 0.144 e. The second-order valence-electron chi connectivity index (χ2n) is 2.25. The second-order valence-corrected chi connectivity index (χ2v) is 2.25. The van der Waals surface area contributed by atoms with Gasteiger partial charge in [-0.2, -0.15) is 0 Å². The van der Waals surface area contributed by atoms with Crippen molar-refractivity contribution in [3.05, 3.63) is 23.1 Å². The van der Waals surface area contributed by atoms with Crippen LogP contribution in [-0.4, -0.2) is 6.61 Å². The van der Waals surface area contributed by atoms with E-state index in [2.05, 4.69) is 5.18 Å². The molecule has 0 aliphatic heterocycles. The number of benzene rings is 1. The summed E-state index contributed by atoms with van der Waals surface area (Å²) in [5.74, 6) is 0.509. The zero-order valence-electron chi connectivity index (χ0n) is 6.78. The maximum absolute atomic E-state index is 10.1. The summed E-state index contributed by atoms with van der Waals surface area (Å²) in [6.45, 7) is 2.37. The molecule has 0 saturated carbocycles. The molecule has 0 aliphatic rings. The maximum atomic E-state index is 10.1. The van der Waals surface area contributed by atoms with Crippen molar-refractivity contribution >= 4 is 11.4 Å². The Morgan fingerprint density at radius 2 is 2.33 bits per heavy atom. The monoisotopic (exact) mass is 166 g/mol. The lowest BCUT2D eigenvalue weighted by Crippen LogP contribution is -1.95. The first-order valence-electron chi connectivity index (χ1n) is 3.63. The van der Waals surface area contributed by atoms with Gasteiger partial charge in [-0.3, -0.25) is 0 Å². The molecule has 1 aromatic rings.